The van der Waals surface area contributed by atoms with Gasteiger partial charge in [0, 0.05) is 5.92 Å². The van der Waals surface area contributed by atoms with E-state index in [1.54, 1.807) is 0 Å². The van der Waals surface area contributed by atoms with Crippen LogP contribution in [0.4, 0.5) is 0 Å². The van der Waals surface area contributed by atoms with E-state index < -0.39 is 5.60 Å². The highest BCUT2D eigenvalue weighted by atomic mass is 16.5. The van der Waals surface area contributed by atoms with Crippen LogP contribution in [-0.4, -0.2) is 20.8 Å². The Hall–Kier alpha value is -0.900. The van der Waals surface area contributed by atoms with Crippen molar-refractivity contribution in [1.82, 2.24) is 10.1 Å². The van der Waals surface area contributed by atoms with Crippen molar-refractivity contribution in [3.05, 3.63) is 11.7 Å². The number of rotatable bonds is 3. The van der Waals surface area contributed by atoms with Gasteiger partial charge in [-0.1, -0.05) is 12.1 Å². The van der Waals surface area contributed by atoms with Crippen LogP contribution in [0.1, 0.15) is 56.7 Å². The standard InChI is InChI=1S/C12H18N2O2/c1-8-4-5-12(15,6-8)7-10-13-11(14-16-10)9-2-3-9/h8-9,15H,2-7H2,1H3/t8-,12-/m0/s1. The normalized spacial score (nSPS) is 34.5. The first-order chi connectivity index (χ1) is 7.65. The largest absolute Gasteiger partial charge is 0.389 e. The Morgan fingerprint density at radius 1 is 1.44 bits per heavy atom. The second-order valence-corrected chi connectivity index (χ2v) is 5.57. The molecule has 0 aliphatic heterocycles. The van der Waals surface area contributed by atoms with E-state index in [1.807, 2.05) is 0 Å². The molecule has 3 rings (SSSR count). The van der Waals surface area contributed by atoms with Crippen LogP contribution in [0.2, 0.25) is 0 Å². The molecule has 0 aromatic carbocycles. The minimum Gasteiger partial charge on any atom is -0.389 e. The van der Waals surface area contributed by atoms with Crippen molar-refractivity contribution in [1.29, 1.82) is 0 Å². The van der Waals surface area contributed by atoms with Gasteiger partial charge in [0.25, 0.3) is 0 Å². The number of aliphatic hydroxyl groups is 1. The fraction of sp³-hybridized carbons (Fsp3) is 0.833. The molecule has 2 saturated carbocycles. The lowest BCUT2D eigenvalue weighted by Gasteiger charge is -2.19. The molecule has 0 radical (unpaired) electrons. The van der Waals surface area contributed by atoms with Crippen molar-refractivity contribution >= 4 is 0 Å². The summed E-state index contributed by atoms with van der Waals surface area (Å²) < 4.78 is 5.21. The smallest absolute Gasteiger partial charge is 0.229 e. The molecule has 1 aromatic heterocycles. The van der Waals surface area contributed by atoms with Crippen LogP contribution in [0.3, 0.4) is 0 Å². The molecule has 2 atom stereocenters. The molecule has 1 aromatic rings. The minimum absolute atomic E-state index is 0.523. The summed E-state index contributed by atoms with van der Waals surface area (Å²) in [5.74, 6) is 2.58. The van der Waals surface area contributed by atoms with E-state index in [9.17, 15) is 5.11 Å². The highest BCUT2D eigenvalue weighted by Crippen LogP contribution is 2.39. The summed E-state index contributed by atoms with van der Waals surface area (Å²) in [5, 5.41) is 14.3. The lowest BCUT2D eigenvalue weighted by atomic mass is 9.97. The zero-order valence-corrected chi connectivity index (χ0v) is 9.65. The predicted octanol–water partition coefficient (Wildman–Crippen LogP) is 2.04. The van der Waals surface area contributed by atoms with Crippen LogP contribution < -0.4 is 0 Å². The number of nitrogens with zero attached hydrogens (tertiary/aromatic N) is 2. The monoisotopic (exact) mass is 222 g/mol. The fourth-order valence-corrected chi connectivity index (χ4v) is 2.66. The Morgan fingerprint density at radius 2 is 2.25 bits per heavy atom. The number of aromatic nitrogens is 2. The van der Waals surface area contributed by atoms with E-state index in [-0.39, 0.29) is 0 Å². The molecule has 0 spiro atoms. The molecule has 1 N–H and O–H groups in total. The Bertz CT molecular complexity index is 386. The van der Waals surface area contributed by atoms with Crippen molar-refractivity contribution < 1.29 is 9.63 Å². The molecule has 2 fully saturated rings. The van der Waals surface area contributed by atoms with Crippen LogP contribution in [-0.2, 0) is 6.42 Å². The van der Waals surface area contributed by atoms with E-state index in [0.29, 0.717) is 24.1 Å². The molecule has 0 amide bonds. The van der Waals surface area contributed by atoms with Gasteiger partial charge in [0.05, 0.1) is 12.0 Å². The summed E-state index contributed by atoms with van der Waals surface area (Å²) in [6.07, 6.45) is 5.70. The van der Waals surface area contributed by atoms with Crippen molar-refractivity contribution in [3.63, 3.8) is 0 Å². The molecule has 0 saturated heterocycles. The molecule has 4 heteroatoms. The number of hydrogen-bond acceptors (Lipinski definition) is 4. The SMILES string of the molecule is C[C@H]1CC[C@@](O)(Cc2nc(C3CC3)no2)C1. The third-order valence-corrected chi connectivity index (χ3v) is 3.74. The van der Waals surface area contributed by atoms with Crippen molar-refractivity contribution in [3.8, 4) is 0 Å². The molecule has 0 bridgehead atoms. The maximum absolute atomic E-state index is 10.4. The molecule has 2 aliphatic rings. The van der Waals surface area contributed by atoms with Gasteiger partial charge in [-0.15, -0.1) is 0 Å². The van der Waals surface area contributed by atoms with Gasteiger partial charge in [-0.3, -0.25) is 0 Å². The average Bonchev–Trinajstić information content (AvgIpc) is 2.89. The van der Waals surface area contributed by atoms with Crippen molar-refractivity contribution in [2.45, 2.75) is 57.0 Å². The maximum Gasteiger partial charge on any atom is 0.229 e. The molecule has 0 unspecified atom stereocenters. The highest BCUT2D eigenvalue weighted by Gasteiger charge is 2.37. The van der Waals surface area contributed by atoms with E-state index >= 15 is 0 Å². The van der Waals surface area contributed by atoms with Crippen LogP contribution in [0.5, 0.6) is 0 Å². The summed E-state index contributed by atoms with van der Waals surface area (Å²) >= 11 is 0. The summed E-state index contributed by atoms with van der Waals surface area (Å²) in [4.78, 5) is 4.37. The van der Waals surface area contributed by atoms with E-state index in [0.717, 1.165) is 25.1 Å². The lowest BCUT2D eigenvalue weighted by Crippen LogP contribution is -2.27. The molecule has 88 valence electrons. The third kappa shape index (κ3) is 1.98. The van der Waals surface area contributed by atoms with Crippen molar-refractivity contribution in [2.24, 2.45) is 5.92 Å². The van der Waals surface area contributed by atoms with Crippen LogP contribution >= 0.6 is 0 Å². The van der Waals surface area contributed by atoms with E-state index in [2.05, 4.69) is 17.1 Å². The quantitative estimate of drug-likeness (QED) is 0.850. The van der Waals surface area contributed by atoms with Crippen LogP contribution in [0, 0.1) is 5.92 Å². The van der Waals surface area contributed by atoms with Gasteiger partial charge in [-0.2, -0.15) is 4.98 Å². The van der Waals surface area contributed by atoms with Gasteiger partial charge < -0.3 is 9.63 Å². The van der Waals surface area contributed by atoms with Crippen LogP contribution in [0.25, 0.3) is 0 Å². The van der Waals surface area contributed by atoms with E-state index in [4.69, 9.17) is 4.52 Å². The molecule has 1 heterocycles. The first-order valence-corrected chi connectivity index (χ1v) is 6.19. The molecular formula is C12H18N2O2. The summed E-state index contributed by atoms with van der Waals surface area (Å²) in [6.45, 7) is 2.18. The van der Waals surface area contributed by atoms with Gasteiger partial charge >= 0.3 is 0 Å². The predicted molar refractivity (Wildman–Crippen MR) is 57.9 cm³/mol. The topological polar surface area (TPSA) is 59.2 Å². The zero-order chi connectivity index (χ0) is 11.2. The summed E-state index contributed by atoms with van der Waals surface area (Å²) in [6, 6.07) is 0. The Balaban J connectivity index is 1.68. The zero-order valence-electron chi connectivity index (χ0n) is 9.65. The third-order valence-electron chi connectivity index (χ3n) is 3.74. The second-order valence-electron chi connectivity index (χ2n) is 5.57. The first kappa shape index (κ1) is 10.3. The second kappa shape index (κ2) is 3.55. The number of hydrogen-bond donors (Lipinski definition) is 1. The van der Waals surface area contributed by atoms with Gasteiger partial charge in [0.2, 0.25) is 5.89 Å². The van der Waals surface area contributed by atoms with Gasteiger partial charge in [0.15, 0.2) is 5.82 Å². The molecular weight excluding hydrogens is 204 g/mol. The van der Waals surface area contributed by atoms with E-state index in [1.165, 1.54) is 12.8 Å². The highest BCUT2D eigenvalue weighted by molar-refractivity contribution is 5.05. The van der Waals surface area contributed by atoms with Gasteiger partial charge in [0.1, 0.15) is 0 Å². The van der Waals surface area contributed by atoms with Crippen LogP contribution in [0.15, 0.2) is 4.52 Å². The summed E-state index contributed by atoms with van der Waals surface area (Å²) in [5.41, 5.74) is -0.604. The average molecular weight is 222 g/mol. The summed E-state index contributed by atoms with van der Waals surface area (Å²) in [7, 11) is 0. The molecule has 4 nitrogen and oxygen atoms in total. The first-order valence-electron chi connectivity index (χ1n) is 6.19. The Kier molecular flexibility index (Phi) is 2.28. The lowest BCUT2D eigenvalue weighted by molar-refractivity contribution is 0.0368. The van der Waals surface area contributed by atoms with Crippen molar-refractivity contribution in [2.75, 3.05) is 0 Å². The Morgan fingerprint density at radius 3 is 2.88 bits per heavy atom. The van der Waals surface area contributed by atoms with Gasteiger partial charge in [-0.25, -0.2) is 0 Å². The maximum atomic E-state index is 10.4. The molecule has 2 aliphatic carbocycles. The Labute approximate surface area is 95.0 Å². The molecule has 16 heavy (non-hydrogen) atoms. The minimum atomic E-state index is -0.604. The fourth-order valence-electron chi connectivity index (χ4n) is 2.66. The van der Waals surface area contributed by atoms with Gasteiger partial charge in [-0.05, 0) is 38.0 Å².